The Kier molecular flexibility index (Phi) is 10.2. The number of nitrogens with zero attached hydrogens (tertiary/aromatic N) is 1. The highest BCUT2D eigenvalue weighted by Crippen LogP contribution is 2.48. The first-order valence-corrected chi connectivity index (χ1v) is 15.5. The molecule has 4 aromatic carbocycles. The van der Waals surface area contributed by atoms with E-state index in [9.17, 15) is 9.59 Å². The second-order valence-electron chi connectivity index (χ2n) is 10.4. The summed E-state index contributed by atoms with van der Waals surface area (Å²) >= 11 is 14.4. The number of hydrogen-bond acceptors (Lipinski definition) is 4. The zero-order valence-electron chi connectivity index (χ0n) is 23.4. The van der Waals surface area contributed by atoms with E-state index in [1.54, 1.807) is 24.3 Å². The molecule has 5 nitrogen and oxygen atoms in total. The van der Waals surface area contributed by atoms with Crippen LogP contribution < -0.4 is 10.6 Å². The lowest BCUT2D eigenvalue weighted by Crippen LogP contribution is -2.52. The number of halogens is 3. The fourth-order valence-corrected chi connectivity index (χ4v) is 6.96. The average Bonchev–Trinajstić information content (AvgIpc) is 3.16. The van der Waals surface area contributed by atoms with Gasteiger partial charge in [-0.1, -0.05) is 89.9 Å². The Morgan fingerprint density at radius 1 is 0.907 bits per heavy atom. The molecule has 1 aliphatic rings. The van der Waals surface area contributed by atoms with E-state index in [0.717, 1.165) is 16.0 Å². The van der Waals surface area contributed by atoms with Crippen LogP contribution >= 0.6 is 35.0 Å². The first-order chi connectivity index (χ1) is 20.8. The van der Waals surface area contributed by atoms with E-state index >= 15 is 4.39 Å². The fourth-order valence-electron chi connectivity index (χ4n) is 5.14. The van der Waals surface area contributed by atoms with E-state index < -0.39 is 23.2 Å². The van der Waals surface area contributed by atoms with Gasteiger partial charge in [-0.2, -0.15) is 0 Å². The van der Waals surface area contributed by atoms with Crippen molar-refractivity contribution >= 4 is 58.2 Å². The quantitative estimate of drug-likeness (QED) is 0.197. The van der Waals surface area contributed by atoms with Crippen molar-refractivity contribution in [1.29, 1.82) is 0 Å². The van der Waals surface area contributed by atoms with Crippen LogP contribution in [-0.2, 0) is 22.4 Å². The molecule has 2 N–H and O–H groups in total. The Bertz CT molecular complexity index is 1620. The molecule has 43 heavy (non-hydrogen) atoms. The van der Waals surface area contributed by atoms with Crippen molar-refractivity contribution in [2.45, 2.75) is 48.4 Å². The number of carbonyl (C=O) groups is 2. The van der Waals surface area contributed by atoms with Gasteiger partial charge in [-0.05, 0) is 47.9 Å². The van der Waals surface area contributed by atoms with Gasteiger partial charge < -0.3 is 10.6 Å². The smallest absolute Gasteiger partial charge is 0.243 e. The highest BCUT2D eigenvalue weighted by molar-refractivity contribution is 7.99. The summed E-state index contributed by atoms with van der Waals surface area (Å²) in [6.45, 7) is 1.39. The lowest BCUT2D eigenvalue weighted by molar-refractivity contribution is -0.128. The van der Waals surface area contributed by atoms with Gasteiger partial charge in [0.05, 0.1) is 11.7 Å². The second-order valence-corrected chi connectivity index (χ2v) is 12.4. The van der Waals surface area contributed by atoms with E-state index in [4.69, 9.17) is 28.2 Å². The first-order valence-electron chi connectivity index (χ1n) is 13.9. The van der Waals surface area contributed by atoms with Gasteiger partial charge in [0.25, 0.3) is 0 Å². The normalized spacial score (nSPS) is 15.8. The monoisotopic (exact) mass is 633 g/mol. The molecule has 0 saturated carbocycles. The summed E-state index contributed by atoms with van der Waals surface area (Å²) in [6, 6.07) is 28.0. The van der Waals surface area contributed by atoms with E-state index in [1.807, 2.05) is 66.7 Å². The summed E-state index contributed by atoms with van der Waals surface area (Å²) in [5.41, 5.74) is 3.57. The minimum absolute atomic E-state index is 0.309. The average molecular weight is 635 g/mol. The zero-order valence-corrected chi connectivity index (χ0v) is 25.7. The topological polar surface area (TPSA) is 70.6 Å². The summed E-state index contributed by atoms with van der Waals surface area (Å²) in [7, 11) is 0. The van der Waals surface area contributed by atoms with Crippen LogP contribution in [0.1, 0.15) is 35.3 Å². The minimum Gasteiger partial charge on any atom is -0.346 e. The molecule has 1 unspecified atom stereocenters. The molecule has 0 bridgehead atoms. The predicted molar refractivity (Wildman–Crippen MR) is 173 cm³/mol. The van der Waals surface area contributed by atoms with Crippen LogP contribution in [0.25, 0.3) is 0 Å². The van der Waals surface area contributed by atoms with Crippen LogP contribution in [0.2, 0.25) is 10.0 Å². The molecule has 9 heteroatoms. The van der Waals surface area contributed by atoms with Crippen molar-refractivity contribution < 1.29 is 14.0 Å². The van der Waals surface area contributed by atoms with Crippen LogP contribution in [-0.4, -0.2) is 29.6 Å². The van der Waals surface area contributed by atoms with Gasteiger partial charge in [-0.3, -0.25) is 14.6 Å². The molecule has 0 aromatic heterocycles. The maximum atomic E-state index is 15.3. The van der Waals surface area contributed by atoms with E-state index in [2.05, 4.69) is 10.6 Å². The minimum atomic E-state index is -0.808. The van der Waals surface area contributed by atoms with Gasteiger partial charge in [-0.25, -0.2) is 4.39 Å². The van der Waals surface area contributed by atoms with E-state index in [-0.39, 0.29) is 11.8 Å². The van der Waals surface area contributed by atoms with Gasteiger partial charge in [0.2, 0.25) is 11.8 Å². The van der Waals surface area contributed by atoms with Gasteiger partial charge in [-0.15, -0.1) is 11.8 Å². The van der Waals surface area contributed by atoms with Crippen LogP contribution in [0.3, 0.4) is 0 Å². The van der Waals surface area contributed by atoms with Crippen molar-refractivity contribution in [2.75, 3.05) is 0 Å². The van der Waals surface area contributed by atoms with Crippen molar-refractivity contribution in [3.05, 3.63) is 130 Å². The van der Waals surface area contributed by atoms with Gasteiger partial charge in [0.15, 0.2) is 0 Å². The molecule has 220 valence electrons. The molecule has 0 radical (unpaired) electrons. The molecular formula is C34H30Cl2FN3O2S. The zero-order chi connectivity index (χ0) is 30.3. The lowest BCUT2D eigenvalue weighted by atomic mass is 9.95. The van der Waals surface area contributed by atoms with Crippen LogP contribution in [0.15, 0.2) is 107 Å². The molecule has 1 heterocycles. The van der Waals surface area contributed by atoms with E-state index in [1.165, 1.54) is 24.8 Å². The molecule has 2 amide bonds. The van der Waals surface area contributed by atoms with E-state index in [0.29, 0.717) is 46.3 Å². The number of hydrogen-bond donors (Lipinski definition) is 2. The molecular weight excluding hydrogens is 604 g/mol. The summed E-state index contributed by atoms with van der Waals surface area (Å²) < 4.78 is 15.3. The Morgan fingerprint density at radius 2 is 1.58 bits per heavy atom. The van der Waals surface area contributed by atoms with Crippen LogP contribution in [0.4, 0.5) is 10.1 Å². The maximum Gasteiger partial charge on any atom is 0.243 e. The molecule has 0 spiro atoms. The third kappa shape index (κ3) is 8.05. The SMILES string of the molecule is CC(=O)N[C@@H](Cc1ccccc1)C(=O)N[C@@H](Cc1ccccc1)C1=Nc2cc(Cl)ccc2SC(c2c(F)cccc2Cl)C1. The van der Waals surface area contributed by atoms with Crippen molar-refractivity contribution in [2.24, 2.45) is 4.99 Å². The number of carbonyl (C=O) groups excluding carboxylic acids is 2. The maximum absolute atomic E-state index is 15.3. The molecule has 0 saturated heterocycles. The molecule has 0 aliphatic carbocycles. The Morgan fingerprint density at radius 3 is 2.23 bits per heavy atom. The summed E-state index contributed by atoms with van der Waals surface area (Å²) in [4.78, 5) is 31.9. The first kappa shape index (κ1) is 30.8. The molecule has 4 aromatic rings. The summed E-state index contributed by atoms with van der Waals surface area (Å²) in [5, 5.41) is 6.41. The molecule has 5 rings (SSSR count). The highest BCUT2D eigenvalue weighted by atomic mass is 35.5. The van der Waals surface area contributed by atoms with Gasteiger partial charge in [0.1, 0.15) is 11.9 Å². The summed E-state index contributed by atoms with van der Waals surface area (Å²) in [6.07, 6.45) is 1.07. The second kappa shape index (κ2) is 14.2. The molecule has 0 fully saturated rings. The molecule has 3 atom stereocenters. The highest BCUT2D eigenvalue weighted by Gasteiger charge is 2.32. The number of benzene rings is 4. The third-order valence-electron chi connectivity index (χ3n) is 7.15. The van der Waals surface area contributed by atoms with Gasteiger partial charge >= 0.3 is 0 Å². The largest absolute Gasteiger partial charge is 0.346 e. The number of aliphatic imine (C=N–C) groups is 1. The number of rotatable bonds is 9. The predicted octanol–water partition coefficient (Wildman–Crippen LogP) is 7.92. The third-order valence-corrected chi connectivity index (χ3v) is 9.00. The van der Waals surface area contributed by atoms with Crippen molar-refractivity contribution in [1.82, 2.24) is 10.6 Å². The number of fused-ring (bicyclic) bond motifs is 1. The van der Waals surface area contributed by atoms with Crippen LogP contribution in [0, 0.1) is 5.82 Å². The number of thioether (sulfide) groups is 1. The Hall–Kier alpha value is -3.65. The van der Waals surface area contributed by atoms with Crippen molar-refractivity contribution in [3.63, 3.8) is 0 Å². The molecule has 1 aliphatic heterocycles. The number of nitrogens with one attached hydrogen (secondary N) is 2. The summed E-state index contributed by atoms with van der Waals surface area (Å²) in [5.74, 6) is -1.05. The Balaban J connectivity index is 1.55. The number of amides is 2. The fraction of sp³-hybridized carbons (Fsp3) is 0.206. The lowest BCUT2D eigenvalue weighted by Gasteiger charge is -2.26. The van der Waals surface area contributed by atoms with Crippen molar-refractivity contribution in [3.8, 4) is 0 Å². The van der Waals surface area contributed by atoms with Gasteiger partial charge in [0, 0.05) is 51.2 Å². The standard InChI is InChI=1S/C34H30Cl2FN3O2S/c1-21(41)38-30(18-23-11-6-3-7-12-23)34(42)40-27(17-22-9-4-2-5-10-22)28-20-32(33-25(36)13-8-14-26(33)37)43-31-16-15-24(35)19-29(31)39-28/h2-16,19,27,30,32H,17-18,20H2,1H3,(H,38,41)(H,40,42)/t27-,30-,32?/m0/s1. The van der Waals surface area contributed by atoms with Crippen LogP contribution in [0.5, 0.6) is 0 Å². The Labute approximate surface area is 264 Å².